The van der Waals surface area contributed by atoms with E-state index in [-0.39, 0.29) is 24.6 Å². The molecule has 80 valence electrons. The van der Waals surface area contributed by atoms with Crippen molar-refractivity contribution in [3.8, 4) is 0 Å². The lowest BCUT2D eigenvalue weighted by Gasteiger charge is -2.26. The van der Waals surface area contributed by atoms with E-state index in [0.717, 1.165) is 0 Å². The molecule has 1 heterocycles. The van der Waals surface area contributed by atoms with Gasteiger partial charge in [0.25, 0.3) is 0 Å². The van der Waals surface area contributed by atoms with E-state index in [1.165, 1.54) is 14.0 Å². The summed E-state index contributed by atoms with van der Waals surface area (Å²) in [5.41, 5.74) is 0. The van der Waals surface area contributed by atoms with Crippen LogP contribution in [0.25, 0.3) is 0 Å². The summed E-state index contributed by atoms with van der Waals surface area (Å²) in [6, 6.07) is 0. The molecule has 0 amide bonds. The predicted octanol–water partition coefficient (Wildman–Crippen LogP) is 0.270. The molecule has 0 aromatic rings. The van der Waals surface area contributed by atoms with Crippen LogP contribution in [0.1, 0.15) is 19.8 Å². The lowest BCUT2D eigenvalue weighted by atomic mass is 10.1. The molecule has 0 aliphatic carbocycles. The molecule has 0 bridgehead atoms. The van der Waals surface area contributed by atoms with E-state index in [9.17, 15) is 9.59 Å². The van der Waals surface area contributed by atoms with Crippen LogP contribution in [0, 0.1) is 0 Å². The third-order valence-electron chi connectivity index (χ3n) is 2.03. The molecule has 0 radical (unpaired) electrons. The van der Waals surface area contributed by atoms with Gasteiger partial charge in [-0.3, -0.25) is 4.79 Å². The zero-order valence-corrected chi connectivity index (χ0v) is 8.32. The molecule has 1 aliphatic heterocycles. The zero-order chi connectivity index (χ0) is 10.6. The first-order valence-corrected chi connectivity index (χ1v) is 4.50. The van der Waals surface area contributed by atoms with Crippen LogP contribution in [-0.2, 0) is 23.8 Å². The van der Waals surface area contributed by atoms with Crippen molar-refractivity contribution >= 4 is 11.9 Å². The maximum Gasteiger partial charge on any atom is 0.334 e. The van der Waals surface area contributed by atoms with E-state index in [2.05, 4.69) is 4.74 Å². The fraction of sp³-hybridized carbons (Fsp3) is 0.778. The number of rotatable bonds is 2. The average molecular weight is 202 g/mol. The smallest absolute Gasteiger partial charge is 0.334 e. The third-order valence-corrected chi connectivity index (χ3v) is 2.03. The molecule has 2 atom stereocenters. The minimum atomic E-state index is -0.508. The van der Waals surface area contributed by atoms with E-state index in [1.54, 1.807) is 0 Å². The van der Waals surface area contributed by atoms with Crippen LogP contribution in [0.5, 0.6) is 0 Å². The van der Waals surface area contributed by atoms with Gasteiger partial charge in [-0.05, 0) is 12.8 Å². The monoisotopic (exact) mass is 202 g/mol. The summed E-state index contributed by atoms with van der Waals surface area (Å²) in [6.45, 7) is 1.62. The van der Waals surface area contributed by atoms with Gasteiger partial charge < -0.3 is 14.2 Å². The molecular formula is C9H14O5. The summed E-state index contributed by atoms with van der Waals surface area (Å²) < 4.78 is 14.7. The van der Waals surface area contributed by atoms with Gasteiger partial charge in [0.05, 0.1) is 13.7 Å². The number of hydrogen-bond donors (Lipinski definition) is 0. The number of carbonyl (C=O) groups excluding carboxylic acids is 2. The Morgan fingerprint density at radius 3 is 2.50 bits per heavy atom. The molecule has 1 aliphatic rings. The summed E-state index contributed by atoms with van der Waals surface area (Å²) in [5, 5.41) is 0. The van der Waals surface area contributed by atoms with Gasteiger partial charge in [0.15, 0.2) is 6.10 Å². The molecule has 1 rings (SSSR count). The van der Waals surface area contributed by atoms with Gasteiger partial charge in [-0.15, -0.1) is 0 Å². The summed E-state index contributed by atoms with van der Waals surface area (Å²) in [6.07, 6.45) is 0.435. The molecule has 0 saturated carbocycles. The van der Waals surface area contributed by atoms with Crippen molar-refractivity contribution in [1.29, 1.82) is 0 Å². The number of esters is 2. The number of ether oxygens (including phenoxy) is 3. The highest BCUT2D eigenvalue weighted by atomic mass is 16.6. The van der Waals surface area contributed by atoms with Crippen LogP contribution >= 0.6 is 0 Å². The van der Waals surface area contributed by atoms with E-state index >= 15 is 0 Å². The van der Waals surface area contributed by atoms with Gasteiger partial charge in [0, 0.05) is 6.92 Å². The first kappa shape index (κ1) is 11.0. The molecule has 5 nitrogen and oxygen atoms in total. The maximum atomic E-state index is 11.0. The Balaban J connectivity index is 2.31. The first-order chi connectivity index (χ1) is 6.63. The Kier molecular flexibility index (Phi) is 3.88. The molecule has 1 fully saturated rings. The van der Waals surface area contributed by atoms with Crippen molar-refractivity contribution in [2.24, 2.45) is 0 Å². The SMILES string of the molecule is COC(=O)C1CCC(OC(C)=O)CO1. The number of carbonyl (C=O) groups is 2. The number of hydrogen-bond acceptors (Lipinski definition) is 5. The Hall–Kier alpha value is -1.10. The van der Waals surface area contributed by atoms with Crippen molar-refractivity contribution in [3.05, 3.63) is 0 Å². The van der Waals surface area contributed by atoms with Gasteiger partial charge in [-0.2, -0.15) is 0 Å². The average Bonchev–Trinajstić information content (AvgIpc) is 2.17. The second kappa shape index (κ2) is 4.95. The maximum absolute atomic E-state index is 11.0. The first-order valence-electron chi connectivity index (χ1n) is 4.50. The van der Waals surface area contributed by atoms with Crippen LogP contribution in [0.3, 0.4) is 0 Å². The minimum absolute atomic E-state index is 0.228. The fourth-order valence-electron chi connectivity index (χ4n) is 1.37. The summed E-state index contributed by atoms with van der Waals surface area (Å²) in [5.74, 6) is -0.693. The zero-order valence-electron chi connectivity index (χ0n) is 8.32. The van der Waals surface area contributed by atoms with Crippen molar-refractivity contribution in [1.82, 2.24) is 0 Å². The minimum Gasteiger partial charge on any atom is -0.467 e. The lowest BCUT2D eigenvalue weighted by molar-refractivity contribution is -0.168. The second-order valence-electron chi connectivity index (χ2n) is 3.15. The molecular weight excluding hydrogens is 188 g/mol. The molecule has 2 unspecified atom stereocenters. The van der Waals surface area contributed by atoms with Crippen LogP contribution in [0.15, 0.2) is 0 Å². The fourth-order valence-corrected chi connectivity index (χ4v) is 1.37. The van der Waals surface area contributed by atoms with E-state index in [0.29, 0.717) is 12.8 Å². The van der Waals surface area contributed by atoms with E-state index < -0.39 is 6.10 Å². The van der Waals surface area contributed by atoms with Gasteiger partial charge in [0.1, 0.15) is 6.10 Å². The molecule has 0 aromatic carbocycles. The Morgan fingerprint density at radius 2 is 2.07 bits per heavy atom. The standard InChI is InChI=1S/C9H14O5/c1-6(10)14-7-3-4-8(13-5-7)9(11)12-2/h7-8H,3-5H2,1-2H3. The predicted molar refractivity (Wildman–Crippen MR) is 46.5 cm³/mol. The summed E-state index contributed by atoms with van der Waals surface area (Å²) in [7, 11) is 1.32. The molecule has 0 aromatic heterocycles. The highest BCUT2D eigenvalue weighted by Gasteiger charge is 2.28. The molecule has 14 heavy (non-hydrogen) atoms. The van der Waals surface area contributed by atoms with Gasteiger partial charge in [-0.1, -0.05) is 0 Å². The molecule has 0 N–H and O–H groups in total. The lowest BCUT2D eigenvalue weighted by Crippen LogP contribution is -2.37. The largest absolute Gasteiger partial charge is 0.467 e. The molecule has 1 saturated heterocycles. The van der Waals surface area contributed by atoms with Crippen molar-refractivity contribution in [3.63, 3.8) is 0 Å². The van der Waals surface area contributed by atoms with Gasteiger partial charge in [-0.25, -0.2) is 4.79 Å². The highest BCUT2D eigenvalue weighted by molar-refractivity contribution is 5.74. The van der Waals surface area contributed by atoms with Crippen molar-refractivity contribution in [2.75, 3.05) is 13.7 Å². The third kappa shape index (κ3) is 2.99. The Labute approximate surface area is 82.3 Å². The van der Waals surface area contributed by atoms with Crippen molar-refractivity contribution < 1.29 is 23.8 Å². The van der Waals surface area contributed by atoms with Crippen LogP contribution in [-0.4, -0.2) is 37.9 Å². The topological polar surface area (TPSA) is 61.8 Å². The summed E-state index contributed by atoms with van der Waals surface area (Å²) in [4.78, 5) is 21.7. The van der Waals surface area contributed by atoms with Crippen LogP contribution in [0.4, 0.5) is 0 Å². The van der Waals surface area contributed by atoms with Crippen molar-refractivity contribution in [2.45, 2.75) is 32.0 Å². The van der Waals surface area contributed by atoms with E-state index in [4.69, 9.17) is 9.47 Å². The summed E-state index contributed by atoms with van der Waals surface area (Å²) >= 11 is 0. The number of methoxy groups -OCH3 is 1. The van der Waals surface area contributed by atoms with Gasteiger partial charge >= 0.3 is 11.9 Å². The Bertz CT molecular complexity index is 217. The van der Waals surface area contributed by atoms with Crippen LogP contribution in [0.2, 0.25) is 0 Å². The quantitative estimate of drug-likeness (QED) is 0.601. The normalized spacial score (nSPS) is 26.7. The van der Waals surface area contributed by atoms with E-state index in [1.807, 2.05) is 0 Å². The molecule has 5 heteroatoms. The van der Waals surface area contributed by atoms with Gasteiger partial charge in [0.2, 0.25) is 0 Å². The second-order valence-corrected chi connectivity index (χ2v) is 3.15. The molecule has 0 spiro atoms. The van der Waals surface area contributed by atoms with Crippen LogP contribution < -0.4 is 0 Å². The highest BCUT2D eigenvalue weighted by Crippen LogP contribution is 2.17. The Morgan fingerprint density at radius 1 is 1.36 bits per heavy atom.